The maximum absolute atomic E-state index is 16.2. The van der Waals surface area contributed by atoms with E-state index in [0.29, 0.717) is 23.3 Å². The van der Waals surface area contributed by atoms with Crippen LogP contribution in [0.4, 0.5) is 43.9 Å². The highest BCUT2D eigenvalue weighted by molar-refractivity contribution is 7.11. The molecule has 4 aromatic rings. The minimum absolute atomic E-state index is 0.0476. The van der Waals surface area contributed by atoms with Gasteiger partial charge in [-0.1, -0.05) is 60.7 Å². The number of piperidine rings is 1. The summed E-state index contributed by atoms with van der Waals surface area (Å²) in [5.41, 5.74) is -4.28. The maximum atomic E-state index is 16.2. The van der Waals surface area contributed by atoms with Gasteiger partial charge in [-0.25, -0.2) is 43.9 Å². The van der Waals surface area contributed by atoms with Crippen molar-refractivity contribution in [2.24, 2.45) is 0 Å². The molecule has 0 spiro atoms. The Hall–Kier alpha value is -4.76. The fraction of sp³-hybridized carbons (Fsp3) is 0.250. The number of allylic oxidation sites excluding steroid dienone is 1. The van der Waals surface area contributed by atoms with E-state index in [1.165, 1.54) is 24.3 Å². The van der Waals surface area contributed by atoms with Crippen molar-refractivity contribution in [2.45, 2.75) is 64.5 Å². The highest BCUT2D eigenvalue weighted by Crippen LogP contribution is 2.29. The van der Waals surface area contributed by atoms with E-state index in [9.17, 15) is 8.78 Å². The predicted molar refractivity (Wildman–Crippen MR) is 182 cm³/mol. The molecule has 0 saturated carbocycles. The van der Waals surface area contributed by atoms with Gasteiger partial charge in [0.05, 0.1) is 16.8 Å². The van der Waals surface area contributed by atoms with E-state index < -0.39 is 86.3 Å². The molecular formula is C40H34BF10N. The Morgan fingerprint density at radius 2 is 1.02 bits per heavy atom. The fourth-order valence-electron chi connectivity index (χ4n) is 7.71. The number of hydrogen-bond donors (Lipinski definition) is 1. The van der Waals surface area contributed by atoms with Crippen LogP contribution in [0.25, 0.3) is 6.08 Å². The van der Waals surface area contributed by atoms with Gasteiger partial charge in [-0.15, -0.1) is 16.8 Å². The lowest BCUT2D eigenvalue weighted by molar-refractivity contribution is -0.966. The van der Waals surface area contributed by atoms with Gasteiger partial charge in [0.25, 0.3) is 0 Å². The molecule has 1 saturated heterocycles. The second-order valence-electron chi connectivity index (χ2n) is 14.2. The van der Waals surface area contributed by atoms with Gasteiger partial charge in [0.1, 0.15) is 23.3 Å². The molecule has 5 rings (SSSR count). The molecule has 1 nitrogen and oxygen atoms in total. The van der Waals surface area contributed by atoms with Crippen LogP contribution in [0.3, 0.4) is 0 Å². The molecule has 0 radical (unpaired) electrons. The lowest BCUT2D eigenvalue weighted by Gasteiger charge is -2.51. The van der Waals surface area contributed by atoms with Crippen molar-refractivity contribution in [1.82, 2.24) is 0 Å². The van der Waals surface area contributed by atoms with E-state index in [2.05, 4.69) is 11.7 Å². The Morgan fingerprint density at radius 3 is 1.46 bits per heavy atom. The van der Waals surface area contributed by atoms with Gasteiger partial charge in [-0.3, -0.25) is 5.82 Å². The normalized spacial score (nSPS) is 16.2. The first-order valence-corrected chi connectivity index (χ1v) is 16.5. The van der Waals surface area contributed by atoms with E-state index in [1.54, 1.807) is 48.6 Å². The molecule has 1 aliphatic heterocycles. The molecule has 1 heterocycles. The van der Waals surface area contributed by atoms with Gasteiger partial charge in [-0.2, -0.15) is 5.98 Å². The number of nitrogens with one attached hydrogen (secondary N) is 1. The lowest BCUT2D eigenvalue weighted by Crippen LogP contribution is -3.25. The van der Waals surface area contributed by atoms with Crippen LogP contribution in [0, 0.1) is 69.9 Å². The third-order valence-electron chi connectivity index (χ3n) is 9.79. The molecule has 1 fully saturated rings. The van der Waals surface area contributed by atoms with E-state index >= 15 is 35.1 Å². The summed E-state index contributed by atoms with van der Waals surface area (Å²) in [4.78, 5) is 0.587. The standard InChI is InChI=1S/C40H33BF10N/c1-39(2)20-12-21-40(3,4)52(39)26(18-11-17-24-13-7-5-8-14-24)23-41(22-19-25-15-9-6-10-16-25,27-29(42)33(46)37(50)34(47)30(27)43)28-31(44)35(48)38(51)36(49)32(28)45/h5-11,13-17,23H,12,18,20-21H2,1-4H3/q-1/p+1/b17-11+,26-23-. The summed E-state index contributed by atoms with van der Waals surface area (Å²) in [6.45, 7) is 7.44. The summed E-state index contributed by atoms with van der Waals surface area (Å²) >= 11 is 0. The van der Waals surface area contributed by atoms with Gasteiger partial charge < -0.3 is 4.90 Å². The molecule has 1 N–H and O–H groups in total. The minimum Gasteiger partial charge on any atom is -0.300 e. The molecule has 0 amide bonds. The first kappa shape index (κ1) is 38.5. The molecule has 12 heteroatoms. The van der Waals surface area contributed by atoms with Crippen molar-refractivity contribution in [1.29, 1.82) is 0 Å². The van der Waals surface area contributed by atoms with Gasteiger partial charge in [0.2, 0.25) is 0 Å². The molecule has 272 valence electrons. The van der Waals surface area contributed by atoms with Crippen LogP contribution in [0.1, 0.15) is 64.5 Å². The Morgan fingerprint density at radius 1 is 0.615 bits per heavy atom. The van der Waals surface area contributed by atoms with Gasteiger partial charge >= 0.3 is 0 Å². The number of likely N-dealkylation sites (tertiary alicyclic amines) is 1. The summed E-state index contributed by atoms with van der Waals surface area (Å²) in [7, 11) is 0. The average Bonchev–Trinajstić information content (AvgIpc) is 3.10. The van der Waals surface area contributed by atoms with Gasteiger partial charge in [-0.05, 0) is 51.8 Å². The smallest absolute Gasteiger partial charge is 0.200 e. The van der Waals surface area contributed by atoms with Crippen LogP contribution in [-0.4, -0.2) is 17.2 Å². The molecule has 0 atom stereocenters. The topological polar surface area (TPSA) is 4.44 Å². The third-order valence-corrected chi connectivity index (χ3v) is 9.79. The number of halogens is 10. The zero-order valence-corrected chi connectivity index (χ0v) is 28.7. The fourth-order valence-corrected chi connectivity index (χ4v) is 7.71. The van der Waals surface area contributed by atoms with Crippen LogP contribution in [0.2, 0.25) is 0 Å². The molecule has 0 aromatic heterocycles. The number of benzene rings is 4. The lowest BCUT2D eigenvalue weighted by atomic mass is 9.18. The molecule has 0 bridgehead atoms. The predicted octanol–water partition coefficient (Wildman–Crippen LogP) is 8.38. The molecular weight excluding hydrogens is 695 g/mol. The van der Waals surface area contributed by atoms with Gasteiger partial charge in [0.15, 0.2) is 41.0 Å². The van der Waals surface area contributed by atoms with Crippen molar-refractivity contribution >= 4 is 23.1 Å². The summed E-state index contributed by atoms with van der Waals surface area (Å²) in [6, 6.07) is 16.1. The van der Waals surface area contributed by atoms with E-state index in [-0.39, 0.29) is 17.7 Å². The quantitative estimate of drug-likeness (QED) is 0.0642. The monoisotopic (exact) mass is 729 g/mol. The first-order valence-electron chi connectivity index (χ1n) is 16.5. The molecule has 0 unspecified atom stereocenters. The number of hydrogen-bond acceptors (Lipinski definition) is 0. The Labute approximate surface area is 295 Å². The maximum Gasteiger partial charge on any atom is 0.200 e. The Bertz CT molecular complexity index is 1970. The summed E-state index contributed by atoms with van der Waals surface area (Å²) in [5.74, 6) is -19.6. The van der Waals surface area contributed by atoms with Crippen molar-refractivity contribution in [2.75, 3.05) is 0 Å². The van der Waals surface area contributed by atoms with E-state index in [4.69, 9.17) is 0 Å². The van der Waals surface area contributed by atoms with Crippen molar-refractivity contribution in [3.05, 3.63) is 148 Å². The zero-order valence-electron chi connectivity index (χ0n) is 28.7. The molecule has 4 aromatic carbocycles. The Balaban J connectivity index is 2.04. The van der Waals surface area contributed by atoms with Crippen molar-refractivity contribution < 1.29 is 48.8 Å². The minimum atomic E-state index is -4.56. The second-order valence-corrected chi connectivity index (χ2v) is 14.2. The number of rotatable bonds is 7. The van der Waals surface area contributed by atoms with Crippen LogP contribution in [0.15, 0.2) is 78.4 Å². The second kappa shape index (κ2) is 14.7. The van der Waals surface area contributed by atoms with Crippen molar-refractivity contribution in [3.8, 4) is 11.7 Å². The molecule has 52 heavy (non-hydrogen) atoms. The van der Waals surface area contributed by atoms with Gasteiger partial charge in [0, 0.05) is 24.8 Å². The SMILES string of the molecule is CC1(C)CCCC(C)(C)[NH+]1/C(=C\[B-](C#Cc1ccccc1)(c1c(F)c(F)c(F)c(F)c1F)c1c(F)c(F)c(F)c(F)c1F)C/C=C/c1ccccc1. The van der Waals surface area contributed by atoms with Crippen LogP contribution >= 0.6 is 0 Å². The average molecular weight is 730 g/mol. The van der Waals surface area contributed by atoms with Crippen LogP contribution < -0.4 is 15.8 Å². The largest absolute Gasteiger partial charge is 0.300 e. The first-order chi connectivity index (χ1) is 24.4. The third kappa shape index (κ3) is 7.03. The summed E-state index contributed by atoms with van der Waals surface area (Å²) < 4.78 is 154. The Kier molecular flexibility index (Phi) is 10.9. The highest BCUT2D eigenvalue weighted by Gasteiger charge is 2.49. The van der Waals surface area contributed by atoms with Crippen LogP contribution in [0.5, 0.6) is 0 Å². The summed E-state index contributed by atoms with van der Waals surface area (Å²) in [5, 5.41) is 0. The van der Waals surface area contributed by atoms with E-state index in [0.717, 1.165) is 12.4 Å². The molecule has 0 aliphatic carbocycles. The van der Waals surface area contributed by atoms with Crippen molar-refractivity contribution in [3.63, 3.8) is 0 Å². The summed E-state index contributed by atoms with van der Waals surface area (Å²) in [6.07, 6.45) is 0.441. The molecule has 1 aliphatic rings. The van der Waals surface area contributed by atoms with Crippen LogP contribution in [-0.2, 0) is 0 Å². The zero-order chi connectivity index (χ0) is 38.2. The highest BCUT2D eigenvalue weighted by atomic mass is 19.2. The van der Waals surface area contributed by atoms with E-state index in [1.807, 2.05) is 27.7 Å². The number of quaternary nitrogens is 1.